The third-order valence-corrected chi connectivity index (χ3v) is 5.33. The number of carbonyl (C=O) groups excluding carboxylic acids is 1. The van der Waals surface area contributed by atoms with Gasteiger partial charge in [-0.25, -0.2) is 4.79 Å². The molecular formula is C20H26N4O3. The van der Waals surface area contributed by atoms with E-state index in [2.05, 4.69) is 11.8 Å². The van der Waals surface area contributed by atoms with Crippen molar-refractivity contribution in [1.82, 2.24) is 14.0 Å². The highest BCUT2D eigenvalue weighted by molar-refractivity contribution is 6.01. The molecule has 1 saturated heterocycles. The number of anilines is 1. The van der Waals surface area contributed by atoms with Crippen LogP contribution in [0.25, 0.3) is 0 Å². The molecule has 0 aliphatic carbocycles. The summed E-state index contributed by atoms with van der Waals surface area (Å²) in [5, 5.41) is 0. The van der Waals surface area contributed by atoms with Crippen LogP contribution in [0.4, 0.5) is 5.82 Å². The van der Waals surface area contributed by atoms with Gasteiger partial charge in [-0.15, -0.1) is 0 Å². The fourth-order valence-electron chi connectivity index (χ4n) is 3.62. The van der Waals surface area contributed by atoms with Crippen LogP contribution in [0.2, 0.25) is 0 Å². The molecule has 3 rings (SSSR count). The van der Waals surface area contributed by atoms with Crippen LogP contribution in [-0.2, 0) is 13.6 Å². The van der Waals surface area contributed by atoms with E-state index >= 15 is 0 Å². The fourth-order valence-corrected chi connectivity index (χ4v) is 3.62. The first kappa shape index (κ1) is 19.1. The van der Waals surface area contributed by atoms with E-state index in [0.29, 0.717) is 6.04 Å². The minimum atomic E-state index is -0.628. The van der Waals surface area contributed by atoms with Gasteiger partial charge in [-0.2, -0.15) is 0 Å². The second-order valence-corrected chi connectivity index (χ2v) is 7.22. The van der Waals surface area contributed by atoms with Crippen LogP contribution in [0.1, 0.15) is 42.1 Å². The smallest absolute Gasteiger partial charge is 0.332 e. The summed E-state index contributed by atoms with van der Waals surface area (Å²) in [6.45, 7) is 3.27. The Labute approximate surface area is 158 Å². The molecule has 1 aliphatic rings. The summed E-state index contributed by atoms with van der Waals surface area (Å²) in [6.07, 6.45) is 3.23. The molecule has 1 fully saturated rings. The van der Waals surface area contributed by atoms with Crippen LogP contribution >= 0.6 is 0 Å². The summed E-state index contributed by atoms with van der Waals surface area (Å²) in [6, 6.07) is 9.64. The second-order valence-electron chi connectivity index (χ2n) is 7.22. The van der Waals surface area contributed by atoms with Crippen molar-refractivity contribution in [2.75, 3.05) is 18.8 Å². The van der Waals surface area contributed by atoms with E-state index in [-0.39, 0.29) is 30.3 Å². The SMILES string of the molecule is C[C@@H]1CCCCN1CC(=O)c1c(N)n(Cc2ccccc2)c(=O)n(C)c1=O. The zero-order chi connectivity index (χ0) is 19.6. The first-order valence-electron chi connectivity index (χ1n) is 9.30. The van der Waals surface area contributed by atoms with Crippen LogP contribution in [0.3, 0.4) is 0 Å². The molecule has 0 radical (unpaired) electrons. The first-order valence-corrected chi connectivity index (χ1v) is 9.30. The number of aromatic nitrogens is 2. The molecule has 2 aromatic rings. The van der Waals surface area contributed by atoms with Crippen molar-refractivity contribution < 1.29 is 4.79 Å². The average molecular weight is 370 g/mol. The van der Waals surface area contributed by atoms with Crippen molar-refractivity contribution in [2.45, 2.75) is 38.8 Å². The Morgan fingerprint density at radius 2 is 1.89 bits per heavy atom. The van der Waals surface area contributed by atoms with Gasteiger partial charge in [0.05, 0.1) is 13.1 Å². The predicted molar refractivity (Wildman–Crippen MR) is 105 cm³/mol. The number of nitrogen functional groups attached to an aromatic ring is 1. The van der Waals surface area contributed by atoms with Crippen molar-refractivity contribution in [2.24, 2.45) is 7.05 Å². The van der Waals surface area contributed by atoms with Gasteiger partial charge in [-0.05, 0) is 31.9 Å². The number of hydrogen-bond donors (Lipinski definition) is 1. The highest BCUT2D eigenvalue weighted by Crippen LogP contribution is 2.17. The van der Waals surface area contributed by atoms with Gasteiger partial charge in [0, 0.05) is 13.1 Å². The summed E-state index contributed by atoms with van der Waals surface area (Å²) in [5.41, 5.74) is 5.78. The van der Waals surface area contributed by atoms with Crippen molar-refractivity contribution in [1.29, 1.82) is 0 Å². The number of rotatable bonds is 5. The fraction of sp³-hybridized carbons (Fsp3) is 0.450. The van der Waals surface area contributed by atoms with E-state index in [1.165, 1.54) is 11.6 Å². The molecule has 2 N–H and O–H groups in total. The zero-order valence-electron chi connectivity index (χ0n) is 15.9. The van der Waals surface area contributed by atoms with Gasteiger partial charge in [0.15, 0.2) is 5.78 Å². The molecule has 0 spiro atoms. The van der Waals surface area contributed by atoms with E-state index in [0.717, 1.165) is 35.9 Å². The standard InChI is InChI=1S/C20H26N4O3/c1-14-8-6-7-11-23(14)13-16(25)17-18(21)24(20(27)22(2)19(17)26)12-15-9-4-3-5-10-15/h3-5,9-10,14H,6-8,11-13,21H2,1-2H3/t14-/m1/s1. The van der Waals surface area contributed by atoms with Gasteiger partial charge < -0.3 is 5.73 Å². The number of ketones is 1. The number of nitrogens with zero attached hydrogens (tertiary/aromatic N) is 3. The number of hydrogen-bond acceptors (Lipinski definition) is 5. The van der Waals surface area contributed by atoms with Gasteiger partial charge >= 0.3 is 5.69 Å². The van der Waals surface area contributed by atoms with Crippen molar-refractivity contribution >= 4 is 11.6 Å². The highest BCUT2D eigenvalue weighted by atomic mass is 16.2. The summed E-state index contributed by atoms with van der Waals surface area (Å²) in [5.74, 6) is -0.384. The third kappa shape index (κ3) is 3.88. The Morgan fingerprint density at radius 1 is 1.19 bits per heavy atom. The number of carbonyl (C=O) groups is 1. The molecule has 1 aromatic heterocycles. The number of nitrogens with two attached hydrogens (primary N) is 1. The minimum absolute atomic E-state index is 0.0541. The van der Waals surface area contributed by atoms with Crippen LogP contribution in [0.15, 0.2) is 39.9 Å². The minimum Gasteiger partial charge on any atom is -0.384 e. The summed E-state index contributed by atoms with van der Waals surface area (Å²) < 4.78 is 2.26. The van der Waals surface area contributed by atoms with Crippen LogP contribution in [0, 0.1) is 0 Å². The van der Waals surface area contributed by atoms with Gasteiger partial charge in [0.25, 0.3) is 5.56 Å². The van der Waals surface area contributed by atoms with Crippen molar-refractivity contribution in [3.05, 3.63) is 62.3 Å². The van der Waals surface area contributed by atoms with Gasteiger partial charge in [-0.1, -0.05) is 36.8 Å². The first-order chi connectivity index (χ1) is 12.9. The number of piperidine rings is 1. The maximum Gasteiger partial charge on any atom is 0.332 e. The topological polar surface area (TPSA) is 90.3 Å². The lowest BCUT2D eigenvalue weighted by atomic mass is 10.0. The van der Waals surface area contributed by atoms with E-state index < -0.39 is 11.2 Å². The molecule has 1 atom stereocenters. The molecule has 0 bridgehead atoms. The van der Waals surface area contributed by atoms with E-state index in [4.69, 9.17) is 5.73 Å². The lowest BCUT2D eigenvalue weighted by Gasteiger charge is -2.32. The third-order valence-electron chi connectivity index (χ3n) is 5.33. The lowest BCUT2D eigenvalue weighted by Crippen LogP contribution is -2.46. The molecule has 0 amide bonds. The normalized spacial score (nSPS) is 17.8. The maximum absolute atomic E-state index is 12.9. The van der Waals surface area contributed by atoms with Gasteiger partial charge in [-0.3, -0.25) is 23.6 Å². The number of likely N-dealkylation sites (tertiary alicyclic amines) is 1. The quantitative estimate of drug-likeness (QED) is 0.800. The van der Waals surface area contributed by atoms with Crippen LogP contribution < -0.4 is 17.0 Å². The van der Waals surface area contributed by atoms with E-state index in [1.807, 2.05) is 30.3 Å². The molecule has 144 valence electrons. The monoisotopic (exact) mass is 370 g/mol. The Bertz CT molecular complexity index is 946. The van der Waals surface area contributed by atoms with E-state index in [9.17, 15) is 14.4 Å². The zero-order valence-corrected chi connectivity index (χ0v) is 15.9. The molecule has 1 aliphatic heterocycles. The molecule has 0 saturated carbocycles. The van der Waals surface area contributed by atoms with E-state index in [1.54, 1.807) is 0 Å². The molecular weight excluding hydrogens is 344 g/mol. The number of benzene rings is 1. The largest absolute Gasteiger partial charge is 0.384 e. The Balaban J connectivity index is 1.98. The predicted octanol–water partition coefficient (Wildman–Crippen LogP) is 1.23. The van der Waals surface area contributed by atoms with Gasteiger partial charge in [0.2, 0.25) is 0 Å². The molecule has 7 nitrogen and oxygen atoms in total. The molecule has 0 unspecified atom stereocenters. The van der Waals surface area contributed by atoms with Crippen LogP contribution in [-0.4, -0.2) is 38.9 Å². The molecule has 2 heterocycles. The molecule has 7 heteroatoms. The number of Topliss-reactive ketones (excluding diaryl/α,β-unsaturated/α-hetero) is 1. The molecule has 27 heavy (non-hydrogen) atoms. The van der Waals surface area contributed by atoms with Crippen molar-refractivity contribution in [3.8, 4) is 0 Å². The average Bonchev–Trinajstić information content (AvgIpc) is 2.66. The summed E-state index contributed by atoms with van der Waals surface area (Å²) in [4.78, 5) is 40.2. The summed E-state index contributed by atoms with van der Waals surface area (Å²) >= 11 is 0. The lowest BCUT2D eigenvalue weighted by molar-refractivity contribution is 0.0858. The maximum atomic E-state index is 12.9. The summed E-state index contributed by atoms with van der Waals surface area (Å²) in [7, 11) is 1.38. The van der Waals surface area contributed by atoms with Crippen molar-refractivity contribution in [3.63, 3.8) is 0 Å². The van der Waals surface area contributed by atoms with Crippen LogP contribution in [0.5, 0.6) is 0 Å². The highest BCUT2D eigenvalue weighted by Gasteiger charge is 2.26. The Morgan fingerprint density at radius 3 is 2.56 bits per heavy atom. The Kier molecular flexibility index (Phi) is 5.60. The molecule has 1 aromatic carbocycles. The van der Waals surface area contributed by atoms with Gasteiger partial charge in [0.1, 0.15) is 11.4 Å². The Hall–Kier alpha value is -2.67. The second kappa shape index (κ2) is 7.92.